The van der Waals surface area contributed by atoms with Crippen LogP contribution in [0.4, 0.5) is 0 Å². The van der Waals surface area contributed by atoms with Crippen LogP contribution in [-0.4, -0.2) is 35.4 Å². The van der Waals surface area contributed by atoms with Crippen molar-refractivity contribution in [2.24, 2.45) is 0 Å². The third-order valence-corrected chi connectivity index (χ3v) is 12.8. The second-order valence-electron chi connectivity index (χ2n) is 10.3. The van der Waals surface area contributed by atoms with Crippen molar-refractivity contribution in [3.8, 4) is 6.07 Å². The predicted octanol–water partition coefficient (Wildman–Crippen LogP) is 7.07. The second kappa shape index (κ2) is 9.89. The first-order valence-corrected chi connectivity index (χ1v) is 16.4. The zero-order valence-corrected chi connectivity index (χ0v) is 22.9. The Kier molecular flexibility index (Phi) is 7.29. The van der Waals surface area contributed by atoms with Crippen molar-refractivity contribution in [3.63, 3.8) is 0 Å². The van der Waals surface area contributed by atoms with Gasteiger partial charge in [-0.15, -0.1) is 0 Å². The van der Waals surface area contributed by atoms with Gasteiger partial charge in [-0.3, -0.25) is 0 Å². The van der Waals surface area contributed by atoms with E-state index in [0.29, 0.717) is 12.8 Å². The van der Waals surface area contributed by atoms with Gasteiger partial charge in [0.25, 0.3) is 8.53 Å². The summed E-state index contributed by atoms with van der Waals surface area (Å²) in [7, 11) is -4.02. The van der Waals surface area contributed by atoms with Gasteiger partial charge in [0.2, 0.25) is 0 Å². The molecule has 2 atom stereocenters. The van der Waals surface area contributed by atoms with E-state index in [9.17, 15) is 10.2 Å². The Morgan fingerprint density at radius 2 is 1.47 bits per heavy atom. The Bertz CT molecular complexity index is 1310. The fourth-order valence-corrected chi connectivity index (χ4v) is 10.6. The minimum atomic E-state index is -2.26. The first kappa shape index (κ1) is 25.0. The zero-order valence-electron chi connectivity index (χ0n) is 21.0. The topological polar surface area (TPSA) is 56.5 Å². The quantitative estimate of drug-likeness (QED) is 0.155. The molecule has 34 heavy (non-hydrogen) atoms. The molecule has 1 N–H and O–H groups in total. The molecule has 0 aliphatic heterocycles. The summed E-state index contributed by atoms with van der Waals surface area (Å²) in [4.78, 5) is 11.2. The first-order valence-electron chi connectivity index (χ1n) is 12.1. The number of hydrogen-bond acceptors (Lipinski definition) is 4. The molecule has 0 fully saturated rings. The summed E-state index contributed by atoms with van der Waals surface area (Å²) in [6.07, 6.45) is 1.04. The molecular weight excluding hydrogens is 455 g/mol. The fourth-order valence-electron chi connectivity index (χ4n) is 5.37. The van der Waals surface area contributed by atoms with E-state index in [0.717, 1.165) is 0 Å². The Hall–Kier alpha value is -2.06. The van der Waals surface area contributed by atoms with Gasteiger partial charge in [-0.25, -0.2) is 4.67 Å². The molecule has 0 spiro atoms. The average molecular weight is 491 g/mol. The maximum absolute atomic E-state index is 11.2. The lowest BCUT2D eigenvalue weighted by Gasteiger charge is -2.39. The highest BCUT2D eigenvalue weighted by Gasteiger charge is 2.39. The third-order valence-electron chi connectivity index (χ3n) is 7.02. The van der Waals surface area contributed by atoms with Crippen LogP contribution < -0.4 is 5.19 Å². The predicted molar refractivity (Wildman–Crippen MR) is 148 cm³/mol. The monoisotopic (exact) mass is 490 g/mol. The molecule has 4 aromatic rings. The lowest BCUT2D eigenvalue weighted by Crippen LogP contribution is -2.54. The molecule has 0 saturated heterocycles. The van der Waals surface area contributed by atoms with E-state index < -0.39 is 16.6 Å². The van der Waals surface area contributed by atoms with Gasteiger partial charge in [0.15, 0.2) is 0 Å². The maximum Gasteiger partial charge on any atom is 0.256 e. The van der Waals surface area contributed by atoms with Gasteiger partial charge in [-0.2, -0.15) is 5.26 Å². The summed E-state index contributed by atoms with van der Waals surface area (Å²) in [6, 6.07) is 22.5. The highest BCUT2D eigenvalue weighted by molar-refractivity contribution is 7.43. The first-order chi connectivity index (χ1) is 16.2. The van der Waals surface area contributed by atoms with E-state index in [2.05, 4.69) is 101 Å². The van der Waals surface area contributed by atoms with Gasteiger partial charge < -0.3 is 9.42 Å². The lowest BCUT2D eigenvalue weighted by atomic mass is 9.94. The zero-order chi connectivity index (χ0) is 24.6. The molecule has 0 saturated carbocycles. The van der Waals surface area contributed by atoms with Gasteiger partial charge >= 0.3 is 0 Å². The molecule has 178 valence electrons. The highest BCUT2D eigenvalue weighted by Crippen LogP contribution is 2.44. The Labute approximate surface area is 205 Å². The van der Waals surface area contributed by atoms with Gasteiger partial charge in [0, 0.05) is 18.5 Å². The molecule has 4 nitrogen and oxygen atoms in total. The molecule has 0 radical (unpaired) electrons. The van der Waals surface area contributed by atoms with E-state index in [1.165, 1.54) is 37.5 Å². The van der Waals surface area contributed by atoms with Gasteiger partial charge in [-0.05, 0) is 71.6 Å². The normalized spacial score (nSPS) is 14.6. The molecule has 0 aliphatic rings. The smallest absolute Gasteiger partial charge is 0.256 e. The summed E-state index contributed by atoms with van der Waals surface area (Å²) in [6.45, 7) is 13.0. The Balaban J connectivity index is 1.82. The molecule has 0 bridgehead atoms. The van der Waals surface area contributed by atoms with Crippen LogP contribution in [0, 0.1) is 11.3 Å². The standard InChI is InChI=1S/C28H35N2O2PSi/c1-19(2)30(20(3)4)33(31)32-26(11-8-18-29)34(5,6)25-17-15-23-13-12-21-9-7-10-22-14-16-24(25)28(23)27(21)22/h7,9-10,12-17,19-20,26,31H,8,11H2,1-6H3. The van der Waals surface area contributed by atoms with E-state index in [1.807, 2.05) is 4.67 Å². The summed E-state index contributed by atoms with van der Waals surface area (Å²) in [5.41, 5.74) is -0.165. The van der Waals surface area contributed by atoms with Crippen molar-refractivity contribution in [1.82, 2.24) is 4.67 Å². The van der Waals surface area contributed by atoms with Crippen LogP contribution in [0.1, 0.15) is 40.5 Å². The molecule has 0 aromatic heterocycles. The van der Waals surface area contributed by atoms with Crippen molar-refractivity contribution in [3.05, 3.63) is 54.6 Å². The van der Waals surface area contributed by atoms with Crippen molar-refractivity contribution in [2.75, 3.05) is 0 Å². The minimum absolute atomic E-state index is 0.165. The maximum atomic E-state index is 11.2. The minimum Gasteiger partial charge on any atom is -0.338 e. The van der Waals surface area contributed by atoms with E-state index in [4.69, 9.17) is 4.52 Å². The molecule has 0 aliphatic carbocycles. The third kappa shape index (κ3) is 4.46. The fraction of sp³-hybridized carbons (Fsp3) is 0.393. The molecular formula is C28H35N2O2PSi. The summed E-state index contributed by atoms with van der Waals surface area (Å²) >= 11 is 0. The molecule has 4 rings (SSSR count). The van der Waals surface area contributed by atoms with Crippen LogP contribution in [0.2, 0.25) is 13.1 Å². The van der Waals surface area contributed by atoms with Crippen LogP contribution in [0.3, 0.4) is 0 Å². The van der Waals surface area contributed by atoms with E-state index in [1.54, 1.807) is 0 Å². The van der Waals surface area contributed by atoms with Crippen molar-refractivity contribution in [2.45, 2.75) is 71.4 Å². The van der Waals surface area contributed by atoms with Crippen LogP contribution >= 0.6 is 8.53 Å². The SMILES string of the molecule is CC(C)N(C(C)C)P(O)OC(CCC#N)[Si](C)(C)c1ccc2ccc3cccc4ccc1c2c34. The number of rotatable bonds is 9. The van der Waals surface area contributed by atoms with Gasteiger partial charge in [0.1, 0.15) is 8.07 Å². The molecule has 4 aromatic carbocycles. The summed E-state index contributed by atoms with van der Waals surface area (Å²) in [5, 5.41) is 18.4. The molecule has 2 unspecified atom stereocenters. The Morgan fingerprint density at radius 1 is 0.912 bits per heavy atom. The second-order valence-corrected chi connectivity index (χ2v) is 16.1. The van der Waals surface area contributed by atoms with Crippen molar-refractivity contribution in [1.29, 1.82) is 5.26 Å². The van der Waals surface area contributed by atoms with Crippen LogP contribution in [0.15, 0.2) is 54.6 Å². The van der Waals surface area contributed by atoms with Crippen LogP contribution in [0.25, 0.3) is 32.3 Å². The molecule has 0 amide bonds. The van der Waals surface area contributed by atoms with Gasteiger partial charge in [0.05, 0.1) is 11.8 Å². The number of hydrogen-bond donors (Lipinski definition) is 1. The van der Waals surface area contributed by atoms with Crippen LogP contribution in [0.5, 0.6) is 0 Å². The highest BCUT2D eigenvalue weighted by atomic mass is 31.2. The summed E-state index contributed by atoms with van der Waals surface area (Å²) in [5.74, 6) is 0. The van der Waals surface area contributed by atoms with Crippen LogP contribution in [-0.2, 0) is 4.52 Å². The largest absolute Gasteiger partial charge is 0.338 e. The number of nitrogens with zero attached hydrogens (tertiary/aromatic N) is 2. The molecule has 6 heteroatoms. The Morgan fingerprint density at radius 3 is 2.06 bits per heavy atom. The number of nitriles is 1. The van der Waals surface area contributed by atoms with E-state index >= 15 is 0 Å². The molecule has 0 heterocycles. The van der Waals surface area contributed by atoms with Crippen molar-refractivity contribution >= 4 is 54.1 Å². The summed E-state index contributed by atoms with van der Waals surface area (Å²) < 4.78 is 8.55. The van der Waals surface area contributed by atoms with Gasteiger partial charge in [-0.1, -0.05) is 67.7 Å². The average Bonchev–Trinajstić information content (AvgIpc) is 2.79. The number of benzene rings is 4. The van der Waals surface area contributed by atoms with E-state index in [-0.39, 0.29) is 17.8 Å². The van der Waals surface area contributed by atoms with Crippen molar-refractivity contribution < 1.29 is 9.42 Å². The lowest BCUT2D eigenvalue weighted by molar-refractivity contribution is 0.189.